The van der Waals surface area contributed by atoms with Crippen molar-refractivity contribution in [2.45, 2.75) is 25.9 Å². The first-order chi connectivity index (χ1) is 9.15. The largest absolute Gasteiger partial charge is 0.366 e. The molecule has 0 bridgehead atoms. The molecule has 1 atom stereocenters. The van der Waals surface area contributed by atoms with Crippen molar-refractivity contribution in [3.8, 4) is 0 Å². The van der Waals surface area contributed by atoms with Gasteiger partial charge in [0.15, 0.2) is 0 Å². The molecule has 1 aromatic heterocycles. The van der Waals surface area contributed by atoms with E-state index in [2.05, 4.69) is 29.8 Å². The molecule has 0 fully saturated rings. The van der Waals surface area contributed by atoms with Crippen LogP contribution in [-0.4, -0.2) is 11.9 Å². The van der Waals surface area contributed by atoms with Gasteiger partial charge in [-0.25, -0.2) is 0 Å². The van der Waals surface area contributed by atoms with Crippen molar-refractivity contribution in [3.05, 3.63) is 57.8 Å². The number of hydrogen-bond donors (Lipinski definition) is 2. The SMILES string of the molecule is CC(Cc1cccs1)NCc1ccc(C(N)=O)cc1. The van der Waals surface area contributed by atoms with E-state index in [1.807, 2.05) is 12.1 Å². The van der Waals surface area contributed by atoms with E-state index < -0.39 is 0 Å². The summed E-state index contributed by atoms with van der Waals surface area (Å²) in [5, 5.41) is 5.58. The van der Waals surface area contributed by atoms with Crippen LogP contribution in [0.1, 0.15) is 27.7 Å². The average molecular weight is 274 g/mol. The van der Waals surface area contributed by atoms with Gasteiger partial charge in [0.05, 0.1) is 0 Å². The van der Waals surface area contributed by atoms with Gasteiger partial charge in [0, 0.05) is 23.0 Å². The number of benzene rings is 1. The number of rotatable bonds is 6. The average Bonchev–Trinajstić information content (AvgIpc) is 2.89. The summed E-state index contributed by atoms with van der Waals surface area (Å²) in [5.41, 5.74) is 6.92. The lowest BCUT2D eigenvalue weighted by atomic mass is 10.1. The maximum absolute atomic E-state index is 11.0. The highest BCUT2D eigenvalue weighted by Gasteiger charge is 2.04. The summed E-state index contributed by atoms with van der Waals surface area (Å²) in [5.74, 6) is -0.384. The lowest BCUT2D eigenvalue weighted by molar-refractivity contribution is 0.100. The second kappa shape index (κ2) is 6.50. The smallest absolute Gasteiger partial charge is 0.248 e. The van der Waals surface area contributed by atoms with Crippen LogP contribution in [0.3, 0.4) is 0 Å². The first kappa shape index (κ1) is 13.8. The lowest BCUT2D eigenvalue weighted by Gasteiger charge is -2.13. The number of carbonyl (C=O) groups is 1. The fourth-order valence-corrected chi connectivity index (χ4v) is 2.72. The molecule has 0 saturated carbocycles. The predicted octanol–water partition coefficient (Wildman–Crippen LogP) is 2.57. The van der Waals surface area contributed by atoms with E-state index in [0.29, 0.717) is 11.6 Å². The molecule has 3 N–H and O–H groups in total. The molecule has 1 unspecified atom stereocenters. The van der Waals surface area contributed by atoms with Crippen LogP contribution in [0, 0.1) is 0 Å². The van der Waals surface area contributed by atoms with Crippen molar-refractivity contribution in [2.24, 2.45) is 5.73 Å². The van der Waals surface area contributed by atoms with E-state index in [1.54, 1.807) is 23.5 Å². The fourth-order valence-electron chi connectivity index (χ4n) is 1.88. The number of primary amides is 1. The second-order valence-corrected chi connectivity index (χ2v) is 5.66. The number of nitrogens with two attached hydrogens (primary N) is 1. The molecule has 0 saturated heterocycles. The van der Waals surface area contributed by atoms with Crippen molar-refractivity contribution in [1.29, 1.82) is 0 Å². The van der Waals surface area contributed by atoms with Crippen LogP contribution in [0.5, 0.6) is 0 Å². The normalized spacial score (nSPS) is 12.3. The van der Waals surface area contributed by atoms with Crippen LogP contribution in [-0.2, 0) is 13.0 Å². The molecule has 4 heteroatoms. The van der Waals surface area contributed by atoms with Gasteiger partial charge in [-0.1, -0.05) is 18.2 Å². The Morgan fingerprint density at radius 2 is 2.05 bits per heavy atom. The molecule has 19 heavy (non-hydrogen) atoms. The molecule has 1 aromatic carbocycles. The minimum atomic E-state index is -0.384. The number of hydrogen-bond acceptors (Lipinski definition) is 3. The van der Waals surface area contributed by atoms with Gasteiger partial charge in [-0.05, 0) is 42.5 Å². The van der Waals surface area contributed by atoms with E-state index >= 15 is 0 Å². The standard InChI is InChI=1S/C15H18N2OS/c1-11(9-14-3-2-8-19-14)17-10-12-4-6-13(7-5-12)15(16)18/h2-8,11,17H,9-10H2,1H3,(H2,16,18). The van der Waals surface area contributed by atoms with Crippen LogP contribution in [0.15, 0.2) is 41.8 Å². The monoisotopic (exact) mass is 274 g/mol. The molecule has 1 heterocycles. The summed E-state index contributed by atoms with van der Waals surface area (Å²) in [4.78, 5) is 12.4. The van der Waals surface area contributed by atoms with E-state index in [0.717, 1.165) is 18.5 Å². The molecular formula is C15H18N2OS. The molecule has 2 aromatic rings. The van der Waals surface area contributed by atoms with Crippen molar-refractivity contribution in [2.75, 3.05) is 0 Å². The first-order valence-corrected chi connectivity index (χ1v) is 7.17. The molecule has 0 spiro atoms. The number of thiophene rings is 1. The maximum Gasteiger partial charge on any atom is 0.248 e. The van der Waals surface area contributed by atoms with Gasteiger partial charge in [0.25, 0.3) is 0 Å². The zero-order valence-electron chi connectivity index (χ0n) is 10.9. The lowest BCUT2D eigenvalue weighted by Crippen LogP contribution is -2.27. The Balaban J connectivity index is 1.83. The number of nitrogens with one attached hydrogen (secondary N) is 1. The third-order valence-corrected chi connectivity index (χ3v) is 3.88. The third kappa shape index (κ3) is 4.19. The molecule has 0 aliphatic heterocycles. The summed E-state index contributed by atoms with van der Waals surface area (Å²) in [6.07, 6.45) is 1.04. The van der Waals surface area contributed by atoms with Crippen LogP contribution < -0.4 is 11.1 Å². The van der Waals surface area contributed by atoms with Crippen LogP contribution in [0.2, 0.25) is 0 Å². The first-order valence-electron chi connectivity index (χ1n) is 6.29. The van der Waals surface area contributed by atoms with E-state index in [1.165, 1.54) is 4.88 Å². The zero-order valence-corrected chi connectivity index (χ0v) is 11.7. The van der Waals surface area contributed by atoms with E-state index in [9.17, 15) is 4.79 Å². The topological polar surface area (TPSA) is 55.1 Å². The summed E-state index contributed by atoms with van der Waals surface area (Å²) in [6.45, 7) is 2.98. The van der Waals surface area contributed by atoms with Crippen molar-refractivity contribution >= 4 is 17.2 Å². The molecule has 1 amide bonds. The Hall–Kier alpha value is -1.65. The van der Waals surface area contributed by atoms with Gasteiger partial charge in [-0.3, -0.25) is 4.79 Å². The summed E-state index contributed by atoms with van der Waals surface area (Å²) in [7, 11) is 0. The molecule has 0 aliphatic rings. The van der Waals surface area contributed by atoms with Crippen LogP contribution in [0.4, 0.5) is 0 Å². The number of amides is 1. The van der Waals surface area contributed by atoms with Gasteiger partial charge < -0.3 is 11.1 Å². The minimum Gasteiger partial charge on any atom is -0.366 e. The maximum atomic E-state index is 11.0. The second-order valence-electron chi connectivity index (χ2n) is 4.63. The van der Waals surface area contributed by atoms with E-state index in [-0.39, 0.29) is 5.91 Å². The van der Waals surface area contributed by atoms with Gasteiger partial charge in [-0.15, -0.1) is 11.3 Å². The molecule has 3 nitrogen and oxygen atoms in total. The summed E-state index contributed by atoms with van der Waals surface area (Å²) >= 11 is 1.79. The van der Waals surface area contributed by atoms with Crippen molar-refractivity contribution in [3.63, 3.8) is 0 Å². The van der Waals surface area contributed by atoms with Gasteiger partial charge in [0.2, 0.25) is 5.91 Å². The van der Waals surface area contributed by atoms with Crippen molar-refractivity contribution < 1.29 is 4.79 Å². The quantitative estimate of drug-likeness (QED) is 0.850. The Labute approximate surface area is 117 Å². The highest BCUT2D eigenvalue weighted by atomic mass is 32.1. The van der Waals surface area contributed by atoms with E-state index in [4.69, 9.17) is 5.73 Å². The fraction of sp³-hybridized carbons (Fsp3) is 0.267. The molecule has 0 aliphatic carbocycles. The third-order valence-electron chi connectivity index (χ3n) is 2.98. The highest BCUT2D eigenvalue weighted by molar-refractivity contribution is 7.09. The highest BCUT2D eigenvalue weighted by Crippen LogP contribution is 2.11. The van der Waals surface area contributed by atoms with Crippen LogP contribution in [0.25, 0.3) is 0 Å². The molecular weight excluding hydrogens is 256 g/mol. The minimum absolute atomic E-state index is 0.384. The van der Waals surface area contributed by atoms with Gasteiger partial charge in [0.1, 0.15) is 0 Å². The molecule has 100 valence electrons. The predicted molar refractivity (Wildman–Crippen MR) is 79.3 cm³/mol. The Morgan fingerprint density at radius 3 is 2.63 bits per heavy atom. The van der Waals surface area contributed by atoms with Gasteiger partial charge >= 0.3 is 0 Å². The Kier molecular flexibility index (Phi) is 4.71. The molecule has 2 rings (SSSR count). The van der Waals surface area contributed by atoms with Crippen molar-refractivity contribution in [1.82, 2.24) is 5.32 Å². The number of carbonyl (C=O) groups excluding carboxylic acids is 1. The van der Waals surface area contributed by atoms with Crippen LogP contribution >= 0.6 is 11.3 Å². The zero-order chi connectivity index (χ0) is 13.7. The Morgan fingerprint density at radius 1 is 1.32 bits per heavy atom. The summed E-state index contributed by atoms with van der Waals surface area (Å²) in [6, 6.07) is 12.1. The molecule has 0 radical (unpaired) electrons. The Bertz CT molecular complexity index is 520. The summed E-state index contributed by atoms with van der Waals surface area (Å²) < 4.78 is 0. The van der Waals surface area contributed by atoms with Gasteiger partial charge in [-0.2, -0.15) is 0 Å².